The molecule has 1 saturated heterocycles. The number of carbonyl (C=O) groups excluding carboxylic acids is 2. The topological polar surface area (TPSA) is 58.6 Å². The second-order valence-electron chi connectivity index (χ2n) is 6.31. The van der Waals surface area contributed by atoms with E-state index in [0.29, 0.717) is 18.7 Å². The molecule has 1 unspecified atom stereocenters. The van der Waals surface area contributed by atoms with Crippen molar-refractivity contribution in [3.8, 4) is 0 Å². The zero-order chi connectivity index (χ0) is 16.2. The van der Waals surface area contributed by atoms with Crippen LogP contribution in [0, 0.1) is 0 Å². The van der Waals surface area contributed by atoms with E-state index >= 15 is 0 Å². The molecule has 5 nitrogen and oxygen atoms in total. The maximum atomic E-state index is 12.1. The number of rotatable bonds is 6. The monoisotopic (exact) mass is 316 g/mol. The molecule has 2 aliphatic heterocycles. The highest BCUT2D eigenvalue weighted by Crippen LogP contribution is 2.27. The predicted molar refractivity (Wildman–Crippen MR) is 88.9 cm³/mol. The minimum absolute atomic E-state index is 0.0151. The van der Waals surface area contributed by atoms with E-state index in [1.165, 1.54) is 19.3 Å². The lowest BCUT2D eigenvalue weighted by atomic mass is 9.99. The van der Waals surface area contributed by atoms with Crippen LogP contribution in [-0.4, -0.2) is 31.2 Å². The van der Waals surface area contributed by atoms with Gasteiger partial charge in [-0.15, -0.1) is 0 Å². The number of hydrogen-bond donors (Lipinski definition) is 1. The second-order valence-corrected chi connectivity index (χ2v) is 6.31. The molecule has 1 aromatic carbocycles. The van der Waals surface area contributed by atoms with Gasteiger partial charge in [0.05, 0.1) is 6.54 Å². The average Bonchev–Trinajstić information content (AvgIpc) is 2.92. The van der Waals surface area contributed by atoms with E-state index < -0.39 is 0 Å². The van der Waals surface area contributed by atoms with E-state index in [-0.39, 0.29) is 18.1 Å². The molecule has 0 spiro atoms. The minimum atomic E-state index is -0.272. The lowest BCUT2D eigenvalue weighted by Crippen LogP contribution is -2.32. The number of nitrogens with one attached hydrogen (secondary N) is 1. The van der Waals surface area contributed by atoms with Crippen LogP contribution in [-0.2, 0) is 11.2 Å². The van der Waals surface area contributed by atoms with Crippen molar-refractivity contribution in [3.05, 3.63) is 29.3 Å². The predicted octanol–water partition coefficient (Wildman–Crippen LogP) is 3.27. The molecule has 1 atom stereocenters. The first-order chi connectivity index (χ1) is 11.2. The molecule has 0 radical (unpaired) electrons. The molecule has 0 saturated carbocycles. The number of carbonyl (C=O) groups is 2. The van der Waals surface area contributed by atoms with E-state index in [9.17, 15) is 9.59 Å². The van der Waals surface area contributed by atoms with Crippen molar-refractivity contribution < 1.29 is 14.3 Å². The second kappa shape index (κ2) is 7.02. The summed E-state index contributed by atoms with van der Waals surface area (Å²) in [7, 11) is 0. The van der Waals surface area contributed by atoms with Crippen molar-refractivity contribution in [2.45, 2.75) is 51.6 Å². The summed E-state index contributed by atoms with van der Waals surface area (Å²) in [6, 6.07) is 5.60. The van der Waals surface area contributed by atoms with Crippen molar-refractivity contribution in [2.24, 2.45) is 0 Å². The number of ether oxygens (including phenoxy) is 1. The Labute approximate surface area is 137 Å². The third kappa shape index (κ3) is 3.49. The first-order valence-electron chi connectivity index (χ1n) is 8.58. The number of benzene rings is 1. The Bertz CT molecular complexity index is 600. The van der Waals surface area contributed by atoms with Gasteiger partial charge in [-0.3, -0.25) is 9.69 Å². The van der Waals surface area contributed by atoms with Crippen LogP contribution in [0.25, 0.3) is 0 Å². The summed E-state index contributed by atoms with van der Waals surface area (Å²) < 4.78 is 5.48. The summed E-state index contributed by atoms with van der Waals surface area (Å²) in [4.78, 5) is 25.6. The molecule has 1 fully saturated rings. The smallest absolute Gasteiger partial charge is 0.414 e. The first-order valence-corrected chi connectivity index (χ1v) is 8.58. The highest BCUT2D eigenvalue weighted by Gasteiger charge is 2.32. The quantitative estimate of drug-likeness (QED) is 0.820. The summed E-state index contributed by atoms with van der Waals surface area (Å²) in [6.07, 6.45) is 6.18. The Hall–Kier alpha value is -2.04. The molecule has 0 aromatic heterocycles. The normalized spacial score (nSPS) is 20.2. The SMILES string of the molecule is CCCCCCC1CN(c2ccc3c(c2)CCNC3=O)C(=O)O1. The summed E-state index contributed by atoms with van der Waals surface area (Å²) >= 11 is 0. The van der Waals surface area contributed by atoms with Gasteiger partial charge in [-0.25, -0.2) is 4.79 Å². The van der Waals surface area contributed by atoms with E-state index in [0.717, 1.165) is 30.5 Å². The summed E-state index contributed by atoms with van der Waals surface area (Å²) in [5.74, 6) is -0.0319. The van der Waals surface area contributed by atoms with Gasteiger partial charge in [0.15, 0.2) is 0 Å². The number of anilines is 1. The van der Waals surface area contributed by atoms with Gasteiger partial charge in [-0.2, -0.15) is 0 Å². The zero-order valence-electron chi connectivity index (χ0n) is 13.6. The largest absolute Gasteiger partial charge is 0.444 e. The van der Waals surface area contributed by atoms with Gasteiger partial charge in [0, 0.05) is 17.8 Å². The molecule has 3 rings (SSSR count). The molecular formula is C18H24N2O3. The van der Waals surface area contributed by atoms with Crippen LogP contribution < -0.4 is 10.2 Å². The molecule has 2 aliphatic rings. The number of fused-ring (bicyclic) bond motifs is 1. The van der Waals surface area contributed by atoms with Crippen LogP contribution in [0.2, 0.25) is 0 Å². The van der Waals surface area contributed by atoms with E-state index in [4.69, 9.17) is 4.74 Å². The number of unbranched alkanes of at least 4 members (excludes halogenated alkanes) is 3. The maximum Gasteiger partial charge on any atom is 0.414 e. The Morgan fingerprint density at radius 3 is 2.96 bits per heavy atom. The van der Waals surface area contributed by atoms with Crippen molar-refractivity contribution in [2.75, 3.05) is 18.0 Å². The lowest BCUT2D eigenvalue weighted by Gasteiger charge is -2.20. The molecule has 2 heterocycles. The number of hydrogen-bond acceptors (Lipinski definition) is 3. The minimum Gasteiger partial charge on any atom is -0.444 e. The average molecular weight is 316 g/mol. The van der Waals surface area contributed by atoms with Gasteiger partial charge in [0.25, 0.3) is 5.91 Å². The fourth-order valence-corrected chi connectivity index (χ4v) is 3.26. The molecule has 0 bridgehead atoms. The van der Waals surface area contributed by atoms with E-state index in [1.54, 1.807) is 11.0 Å². The van der Waals surface area contributed by atoms with Crippen molar-refractivity contribution in [3.63, 3.8) is 0 Å². The highest BCUT2D eigenvalue weighted by molar-refractivity contribution is 5.98. The fraction of sp³-hybridized carbons (Fsp3) is 0.556. The lowest BCUT2D eigenvalue weighted by molar-refractivity contribution is 0.0946. The summed E-state index contributed by atoms with van der Waals surface area (Å²) in [5.41, 5.74) is 2.55. The Balaban J connectivity index is 1.65. The van der Waals surface area contributed by atoms with Gasteiger partial charge in [0.2, 0.25) is 0 Å². The Kier molecular flexibility index (Phi) is 4.84. The van der Waals surface area contributed by atoms with E-state index in [2.05, 4.69) is 12.2 Å². The molecule has 23 heavy (non-hydrogen) atoms. The van der Waals surface area contributed by atoms with Crippen LogP contribution in [0.5, 0.6) is 0 Å². The molecule has 5 heteroatoms. The molecule has 0 aliphatic carbocycles. The molecule has 124 valence electrons. The van der Waals surface area contributed by atoms with Crippen molar-refractivity contribution >= 4 is 17.7 Å². The molecule has 1 aromatic rings. The number of nitrogens with zero attached hydrogens (tertiary/aromatic N) is 1. The third-order valence-electron chi connectivity index (χ3n) is 4.58. The summed E-state index contributed by atoms with van der Waals surface area (Å²) in [6.45, 7) is 3.45. The first kappa shape index (κ1) is 15.8. The van der Waals surface area contributed by atoms with Crippen molar-refractivity contribution in [1.29, 1.82) is 0 Å². The van der Waals surface area contributed by atoms with Crippen LogP contribution in [0.4, 0.5) is 10.5 Å². The van der Waals surface area contributed by atoms with E-state index in [1.807, 2.05) is 12.1 Å². The molecule has 1 N–H and O–H groups in total. The third-order valence-corrected chi connectivity index (χ3v) is 4.58. The van der Waals surface area contributed by atoms with Gasteiger partial charge in [-0.1, -0.05) is 26.2 Å². The number of amides is 2. The van der Waals surface area contributed by atoms with Gasteiger partial charge >= 0.3 is 6.09 Å². The van der Waals surface area contributed by atoms with Gasteiger partial charge < -0.3 is 10.1 Å². The fourth-order valence-electron chi connectivity index (χ4n) is 3.26. The summed E-state index contributed by atoms with van der Waals surface area (Å²) in [5, 5.41) is 2.83. The maximum absolute atomic E-state index is 12.1. The van der Waals surface area contributed by atoms with Crippen LogP contribution in [0.1, 0.15) is 54.9 Å². The molecular weight excluding hydrogens is 292 g/mol. The highest BCUT2D eigenvalue weighted by atomic mass is 16.6. The van der Waals surface area contributed by atoms with Gasteiger partial charge in [0.1, 0.15) is 6.10 Å². The van der Waals surface area contributed by atoms with Crippen LogP contribution in [0.15, 0.2) is 18.2 Å². The van der Waals surface area contributed by atoms with Crippen LogP contribution >= 0.6 is 0 Å². The van der Waals surface area contributed by atoms with Crippen LogP contribution in [0.3, 0.4) is 0 Å². The Morgan fingerprint density at radius 1 is 1.26 bits per heavy atom. The zero-order valence-corrected chi connectivity index (χ0v) is 13.6. The van der Waals surface area contributed by atoms with Gasteiger partial charge in [-0.05, 0) is 43.0 Å². The Morgan fingerprint density at radius 2 is 2.13 bits per heavy atom. The standard InChI is InChI=1S/C18H24N2O3/c1-2-3-4-5-6-15-12-20(18(22)23-15)14-7-8-16-13(11-14)9-10-19-17(16)21/h7-8,11,15H,2-6,9-10,12H2,1H3,(H,19,21). The molecule has 2 amide bonds. The van der Waals surface area contributed by atoms with Crippen molar-refractivity contribution in [1.82, 2.24) is 5.32 Å². The number of cyclic esters (lactones) is 1.